The molecule has 0 aromatic heterocycles. The van der Waals surface area contributed by atoms with Gasteiger partial charge in [-0.1, -0.05) is 28.7 Å². The summed E-state index contributed by atoms with van der Waals surface area (Å²) >= 11 is 0. The summed E-state index contributed by atoms with van der Waals surface area (Å²) < 4.78 is 0. The van der Waals surface area contributed by atoms with Crippen molar-refractivity contribution in [3.05, 3.63) is 0 Å². The van der Waals surface area contributed by atoms with Crippen LogP contribution in [0.3, 0.4) is 0 Å². The Bertz CT molecular complexity index is 472. The lowest BCUT2D eigenvalue weighted by atomic mass is 9.55. The van der Waals surface area contributed by atoms with Crippen LogP contribution in [-0.2, 0) is 0 Å². The molecule has 8 saturated carbocycles. The molecule has 0 aromatic carbocycles. The molecule has 0 saturated heterocycles. The van der Waals surface area contributed by atoms with E-state index in [2.05, 4.69) is 20.8 Å². The zero-order valence-corrected chi connectivity index (χ0v) is 18.5. The maximum absolute atomic E-state index is 2.73. The van der Waals surface area contributed by atoms with Crippen LogP contribution in [0.15, 0.2) is 0 Å². The Balaban J connectivity index is 1.45. The van der Waals surface area contributed by atoms with E-state index >= 15 is 0 Å². The maximum atomic E-state index is 2.73. The van der Waals surface area contributed by atoms with Crippen LogP contribution in [0.1, 0.15) is 104 Å². The van der Waals surface area contributed by atoms with Crippen LogP contribution in [0, 0.1) is 35.5 Å². The van der Waals surface area contributed by atoms with Crippen molar-refractivity contribution in [3.8, 4) is 0 Å². The first-order chi connectivity index (χ1) is 12.4. The third-order valence-electron chi connectivity index (χ3n) is 10.4. The number of hydrogen-bond donors (Lipinski definition) is 0. The highest BCUT2D eigenvalue weighted by molar-refractivity contribution is 7.62. The number of rotatable bonds is 4. The first-order valence-corrected chi connectivity index (χ1v) is 13.5. The number of hydrogen-bond acceptors (Lipinski definition) is 0. The van der Waals surface area contributed by atoms with Crippen molar-refractivity contribution in [2.24, 2.45) is 35.5 Å². The highest BCUT2D eigenvalue weighted by Crippen LogP contribution is 2.82. The molecule has 0 atom stereocenters. The lowest BCUT2D eigenvalue weighted by molar-refractivity contribution is 0.0169. The molecular formula is C25H41P. The standard InChI is InChI=1S/C25H41P/c1-4-23(2,3)26(24-11-17-5-18(12-24)7-19(6-17)13-24)25-14-20-8-21(15-25)10-22(9-20)16-25/h17-22H,4-16H2,1-3H3. The molecule has 0 nitrogen and oxygen atoms in total. The monoisotopic (exact) mass is 372 g/mol. The van der Waals surface area contributed by atoms with Crippen molar-refractivity contribution in [3.63, 3.8) is 0 Å². The molecular weight excluding hydrogens is 331 g/mol. The van der Waals surface area contributed by atoms with Crippen LogP contribution >= 0.6 is 7.92 Å². The summed E-state index contributed by atoms with van der Waals surface area (Å²) in [6.07, 6.45) is 21.1. The minimum Gasteiger partial charge on any atom is -0.0881 e. The largest absolute Gasteiger partial charge is 0.0881 e. The van der Waals surface area contributed by atoms with E-state index in [9.17, 15) is 0 Å². The van der Waals surface area contributed by atoms with Crippen LogP contribution < -0.4 is 0 Å². The summed E-state index contributed by atoms with van der Waals surface area (Å²) in [6.45, 7) is 8.00. The Morgan fingerprint density at radius 2 is 0.885 bits per heavy atom. The smallest absolute Gasteiger partial charge is 0.00767 e. The van der Waals surface area contributed by atoms with Crippen LogP contribution in [0.25, 0.3) is 0 Å². The SMILES string of the molecule is CCC(C)(C)P(C12CC3CC(CC(C3)C1)C2)C12CC3CC(CC(C3)C1)C2. The fourth-order valence-corrected chi connectivity index (χ4v) is 17.2. The molecule has 0 N–H and O–H groups in total. The van der Waals surface area contributed by atoms with E-state index in [4.69, 9.17) is 0 Å². The summed E-state index contributed by atoms with van der Waals surface area (Å²) in [7, 11) is 0.148. The van der Waals surface area contributed by atoms with Crippen LogP contribution in [0.5, 0.6) is 0 Å². The quantitative estimate of drug-likeness (QED) is 0.446. The van der Waals surface area contributed by atoms with Crippen molar-refractivity contribution < 1.29 is 0 Å². The van der Waals surface area contributed by atoms with Gasteiger partial charge in [0.2, 0.25) is 0 Å². The summed E-state index contributed by atoms with van der Waals surface area (Å²) in [6, 6.07) is 0. The second-order valence-electron chi connectivity index (χ2n) is 12.8. The molecule has 0 unspecified atom stereocenters. The third kappa shape index (κ3) is 2.36. The zero-order chi connectivity index (χ0) is 17.7. The summed E-state index contributed by atoms with van der Waals surface area (Å²) in [5.74, 6) is 6.79. The molecule has 8 bridgehead atoms. The van der Waals surface area contributed by atoms with Gasteiger partial charge in [0.15, 0.2) is 0 Å². The Morgan fingerprint density at radius 3 is 1.12 bits per heavy atom. The first-order valence-electron chi connectivity index (χ1n) is 12.2. The lowest BCUT2D eigenvalue weighted by Gasteiger charge is -2.70. The minimum atomic E-state index is 0.148. The predicted octanol–water partition coefficient (Wildman–Crippen LogP) is 7.59. The average molecular weight is 373 g/mol. The van der Waals surface area contributed by atoms with Gasteiger partial charge in [-0.05, 0) is 134 Å². The zero-order valence-electron chi connectivity index (χ0n) is 17.6. The summed E-state index contributed by atoms with van der Waals surface area (Å²) in [4.78, 5) is 0. The average Bonchev–Trinajstić information content (AvgIpc) is 2.51. The molecule has 8 aliphatic carbocycles. The van der Waals surface area contributed by atoms with Gasteiger partial charge in [-0.25, -0.2) is 0 Å². The highest BCUT2D eigenvalue weighted by atomic mass is 31.1. The van der Waals surface area contributed by atoms with E-state index in [-0.39, 0.29) is 7.92 Å². The van der Waals surface area contributed by atoms with Crippen LogP contribution in [0.4, 0.5) is 0 Å². The van der Waals surface area contributed by atoms with E-state index in [1.54, 1.807) is 77.0 Å². The van der Waals surface area contributed by atoms with Crippen LogP contribution in [-0.4, -0.2) is 15.5 Å². The molecule has 26 heavy (non-hydrogen) atoms. The van der Waals surface area contributed by atoms with Gasteiger partial charge < -0.3 is 0 Å². The molecule has 8 aliphatic rings. The normalized spacial score (nSPS) is 55.5. The lowest BCUT2D eigenvalue weighted by Crippen LogP contribution is -2.59. The van der Waals surface area contributed by atoms with E-state index in [1.165, 1.54) is 6.42 Å². The Hall–Kier alpha value is 0.430. The maximum Gasteiger partial charge on any atom is -0.00767 e. The second-order valence-corrected chi connectivity index (χ2v) is 16.6. The van der Waals surface area contributed by atoms with Crippen molar-refractivity contribution in [2.45, 2.75) is 120 Å². The van der Waals surface area contributed by atoms with Gasteiger partial charge in [-0.2, -0.15) is 0 Å². The van der Waals surface area contributed by atoms with Crippen molar-refractivity contribution >= 4 is 7.92 Å². The van der Waals surface area contributed by atoms with E-state index in [0.29, 0.717) is 5.16 Å². The minimum absolute atomic E-state index is 0.148. The molecule has 0 aliphatic heterocycles. The van der Waals surface area contributed by atoms with Gasteiger partial charge in [0, 0.05) is 0 Å². The summed E-state index contributed by atoms with van der Waals surface area (Å²) in [5, 5.41) is 2.25. The molecule has 1 heteroatoms. The van der Waals surface area contributed by atoms with Gasteiger partial charge in [0.05, 0.1) is 0 Å². The second kappa shape index (κ2) is 5.52. The molecule has 0 radical (unpaired) electrons. The van der Waals surface area contributed by atoms with Crippen molar-refractivity contribution in [2.75, 3.05) is 0 Å². The molecule has 0 aromatic rings. The molecule has 0 heterocycles. The highest BCUT2D eigenvalue weighted by Gasteiger charge is 2.65. The Kier molecular flexibility index (Phi) is 3.67. The van der Waals surface area contributed by atoms with Gasteiger partial charge in [-0.3, -0.25) is 0 Å². The van der Waals surface area contributed by atoms with E-state index in [1.807, 2.05) is 0 Å². The topological polar surface area (TPSA) is 0 Å². The Labute approximate surface area is 163 Å². The Morgan fingerprint density at radius 1 is 0.615 bits per heavy atom. The summed E-state index contributed by atoms with van der Waals surface area (Å²) in [5.41, 5.74) is 0. The van der Waals surface area contributed by atoms with Gasteiger partial charge in [0.1, 0.15) is 0 Å². The fraction of sp³-hybridized carbons (Fsp3) is 1.00. The van der Waals surface area contributed by atoms with Crippen LogP contribution in [0.2, 0.25) is 0 Å². The van der Waals surface area contributed by atoms with Gasteiger partial charge in [0.25, 0.3) is 0 Å². The fourth-order valence-electron chi connectivity index (χ4n) is 10.6. The van der Waals surface area contributed by atoms with Crippen molar-refractivity contribution in [1.82, 2.24) is 0 Å². The molecule has 0 spiro atoms. The predicted molar refractivity (Wildman–Crippen MR) is 113 cm³/mol. The van der Waals surface area contributed by atoms with Gasteiger partial charge in [-0.15, -0.1) is 0 Å². The third-order valence-corrected chi connectivity index (χ3v) is 15.0. The molecule has 8 rings (SSSR count). The van der Waals surface area contributed by atoms with Crippen molar-refractivity contribution in [1.29, 1.82) is 0 Å². The molecule has 0 amide bonds. The molecule has 8 fully saturated rings. The van der Waals surface area contributed by atoms with Gasteiger partial charge >= 0.3 is 0 Å². The van der Waals surface area contributed by atoms with E-state index in [0.717, 1.165) is 45.8 Å². The molecule has 146 valence electrons. The first kappa shape index (κ1) is 17.3. The van der Waals surface area contributed by atoms with E-state index < -0.39 is 0 Å².